The van der Waals surface area contributed by atoms with Crippen LogP contribution in [0.1, 0.15) is 37.8 Å². The lowest BCUT2D eigenvalue weighted by atomic mass is 9.93. The second-order valence-corrected chi connectivity index (χ2v) is 7.20. The first-order chi connectivity index (χ1) is 12.4. The Morgan fingerprint density at radius 2 is 1.85 bits per heavy atom. The number of nitrogens with one attached hydrogen (secondary N) is 1. The summed E-state index contributed by atoms with van der Waals surface area (Å²) in [5.41, 5.74) is 1.15. The maximum Gasteiger partial charge on any atom is 0.401 e. The number of benzene rings is 1. The number of likely N-dealkylation sites (tertiary alicyclic amines) is 1. The lowest BCUT2D eigenvalue weighted by Gasteiger charge is -2.32. The van der Waals surface area contributed by atoms with Crippen LogP contribution in [0.2, 0.25) is 0 Å². The third-order valence-electron chi connectivity index (χ3n) is 5.18. The zero-order valence-electron chi connectivity index (χ0n) is 15.1. The van der Waals surface area contributed by atoms with E-state index >= 15 is 0 Å². The van der Waals surface area contributed by atoms with E-state index in [1.165, 1.54) is 4.90 Å². The van der Waals surface area contributed by atoms with Crippen LogP contribution in [-0.2, 0) is 0 Å². The average molecular weight is 372 g/mol. The molecule has 1 N–H and O–H groups in total. The number of hydrogen-bond acceptors (Lipinski definition) is 4. The van der Waals surface area contributed by atoms with Gasteiger partial charge >= 0.3 is 6.18 Å². The Hall–Kier alpha value is -1.47. The van der Waals surface area contributed by atoms with Crippen molar-refractivity contribution in [3.63, 3.8) is 0 Å². The summed E-state index contributed by atoms with van der Waals surface area (Å²) in [4.78, 5) is 1.52. The van der Waals surface area contributed by atoms with Gasteiger partial charge in [-0.1, -0.05) is 6.07 Å². The van der Waals surface area contributed by atoms with Gasteiger partial charge in [0.05, 0.1) is 6.54 Å². The highest BCUT2D eigenvalue weighted by atomic mass is 19.4. The Morgan fingerprint density at radius 3 is 2.54 bits per heavy atom. The largest absolute Gasteiger partial charge is 0.486 e. The smallest absolute Gasteiger partial charge is 0.401 e. The van der Waals surface area contributed by atoms with Crippen LogP contribution in [0.15, 0.2) is 18.2 Å². The molecule has 3 rings (SSSR count). The van der Waals surface area contributed by atoms with E-state index in [9.17, 15) is 13.2 Å². The van der Waals surface area contributed by atoms with Gasteiger partial charge in [-0.3, -0.25) is 4.90 Å². The molecule has 4 nitrogen and oxygen atoms in total. The van der Waals surface area contributed by atoms with Crippen LogP contribution in [0.3, 0.4) is 0 Å². The summed E-state index contributed by atoms with van der Waals surface area (Å²) in [5.74, 6) is 2.08. The molecule has 1 fully saturated rings. The highest BCUT2D eigenvalue weighted by Gasteiger charge is 2.32. The van der Waals surface area contributed by atoms with Gasteiger partial charge in [-0.05, 0) is 69.4 Å². The third kappa shape index (κ3) is 5.51. The van der Waals surface area contributed by atoms with Gasteiger partial charge in [0, 0.05) is 6.04 Å². The van der Waals surface area contributed by atoms with E-state index in [0.29, 0.717) is 32.2 Å². The maximum absolute atomic E-state index is 12.4. The minimum atomic E-state index is -4.09. The molecule has 0 spiro atoms. The quantitative estimate of drug-likeness (QED) is 0.824. The van der Waals surface area contributed by atoms with Gasteiger partial charge < -0.3 is 14.8 Å². The van der Waals surface area contributed by atoms with E-state index < -0.39 is 12.7 Å². The monoisotopic (exact) mass is 372 g/mol. The highest BCUT2D eigenvalue weighted by Crippen LogP contribution is 2.32. The zero-order chi connectivity index (χ0) is 18.6. The number of alkyl halides is 3. The molecule has 1 aromatic rings. The van der Waals surface area contributed by atoms with Crippen LogP contribution in [0, 0.1) is 5.92 Å². The van der Waals surface area contributed by atoms with Gasteiger partial charge in [0.1, 0.15) is 13.2 Å². The normalized spacial score (nSPS) is 20.2. The molecule has 0 aromatic heterocycles. The van der Waals surface area contributed by atoms with E-state index in [2.05, 4.69) is 12.2 Å². The number of halogens is 3. The summed E-state index contributed by atoms with van der Waals surface area (Å²) in [6.45, 7) is 4.44. The van der Waals surface area contributed by atoms with Crippen molar-refractivity contribution in [2.24, 2.45) is 5.92 Å². The van der Waals surface area contributed by atoms with Crippen LogP contribution in [-0.4, -0.2) is 50.5 Å². The summed E-state index contributed by atoms with van der Waals surface area (Å²) in [6, 6.07) is 6.19. The molecule has 26 heavy (non-hydrogen) atoms. The van der Waals surface area contributed by atoms with E-state index in [1.54, 1.807) is 0 Å². The Bertz CT molecular complexity index is 587. The first-order valence-electron chi connectivity index (χ1n) is 9.33. The number of rotatable bonds is 6. The van der Waals surface area contributed by atoms with Gasteiger partial charge in [0.2, 0.25) is 0 Å². The highest BCUT2D eigenvalue weighted by molar-refractivity contribution is 5.44. The summed E-state index contributed by atoms with van der Waals surface area (Å²) in [5, 5.41) is 3.51. The summed E-state index contributed by atoms with van der Waals surface area (Å²) in [7, 11) is 0. The van der Waals surface area contributed by atoms with Crippen molar-refractivity contribution in [1.29, 1.82) is 0 Å². The molecule has 1 atom stereocenters. The molecular weight excluding hydrogens is 345 g/mol. The Kier molecular flexibility index (Phi) is 6.29. The molecule has 146 valence electrons. The molecule has 0 amide bonds. The molecular formula is C19H27F3N2O2. The second-order valence-electron chi connectivity index (χ2n) is 7.20. The average Bonchev–Trinajstić information content (AvgIpc) is 2.61. The van der Waals surface area contributed by atoms with Crippen LogP contribution in [0.25, 0.3) is 0 Å². The lowest BCUT2D eigenvalue weighted by molar-refractivity contribution is -0.148. The first kappa shape index (κ1) is 19.3. The fourth-order valence-electron chi connectivity index (χ4n) is 3.64. The van der Waals surface area contributed by atoms with Crippen LogP contribution in [0.5, 0.6) is 11.5 Å². The molecule has 0 saturated carbocycles. The Morgan fingerprint density at radius 1 is 1.15 bits per heavy atom. The maximum atomic E-state index is 12.4. The molecule has 2 aliphatic rings. The van der Waals surface area contributed by atoms with Gasteiger partial charge in [0.25, 0.3) is 0 Å². The minimum absolute atomic E-state index is 0.191. The third-order valence-corrected chi connectivity index (χ3v) is 5.18. The number of hydrogen-bond donors (Lipinski definition) is 1. The van der Waals surface area contributed by atoms with Crippen molar-refractivity contribution in [3.8, 4) is 11.5 Å². The van der Waals surface area contributed by atoms with Crippen LogP contribution >= 0.6 is 0 Å². The predicted octanol–water partition coefficient (Wildman–Crippen LogP) is 3.77. The Balaban J connectivity index is 1.39. The molecule has 2 aliphatic heterocycles. The zero-order valence-corrected chi connectivity index (χ0v) is 15.1. The molecule has 1 saturated heterocycles. The Labute approximate surface area is 152 Å². The fraction of sp³-hybridized carbons (Fsp3) is 0.684. The second kappa shape index (κ2) is 8.48. The molecule has 0 aliphatic carbocycles. The molecule has 2 heterocycles. The van der Waals surface area contributed by atoms with Crippen molar-refractivity contribution >= 4 is 0 Å². The van der Waals surface area contributed by atoms with Crippen molar-refractivity contribution in [2.45, 2.75) is 38.4 Å². The van der Waals surface area contributed by atoms with Gasteiger partial charge in [-0.25, -0.2) is 0 Å². The molecule has 1 unspecified atom stereocenters. The SMILES string of the molecule is CC(NCCC1CCN(CC(F)(F)F)CC1)c1ccc2c(c1)OCCO2. The van der Waals surface area contributed by atoms with Crippen molar-refractivity contribution < 1.29 is 22.6 Å². The molecule has 0 bridgehead atoms. The van der Waals surface area contributed by atoms with Crippen molar-refractivity contribution in [3.05, 3.63) is 23.8 Å². The van der Waals surface area contributed by atoms with E-state index in [-0.39, 0.29) is 6.04 Å². The fourth-order valence-corrected chi connectivity index (χ4v) is 3.64. The number of ether oxygens (including phenoxy) is 2. The van der Waals surface area contributed by atoms with Crippen molar-refractivity contribution in [1.82, 2.24) is 10.2 Å². The standard InChI is InChI=1S/C19H27F3N2O2/c1-14(16-2-3-17-18(12-16)26-11-10-25-17)23-7-4-15-5-8-24(9-6-15)13-19(20,21)22/h2-3,12,14-15,23H,4-11,13H2,1H3. The number of fused-ring (bicyclic) bond motifs is 1. The summed E-state index contributed by atoms with van der Waals surface area (Å²) >= 11 is 0. The van der Waals surface area contributed by atoms with E-state index in [0.717, 1.165) is 42.9 Å². The topological polar surface area (TPSA) is 33.7 Å². The van der Waals surface area contributed by atoms with E-state index in [4.69, 9.17) is 9.47 Å². The van der Waals surface area contributed by atoms with Crippen LogP contribution < -0.4 is 14.8 Å². The van der Waals surface area contributed by atoms with Crippen LogP contribution in [0.4, 0.5) is 13.2 Å². The van der Waals surface area contributed by atoms with E-state index in [1.807, 2.05) is 18.2 Å². The van der Waals surface area contributed by atoms with Gasteiger partial charge in [-0.15, -0.1) is 0 Å². The number of piperidine rings is 1. The first-order valence-corrected chi connectivity index (χ1v) is 9.33. The summed E-state index contributed by atoms with van der Waals surface area (Å²) in [6.07, 6.45) is -1.41. The molecule has 1 aromatic carbocycles. The minimum Gasteiger partial charge on any atom is -0.486 e. The molecule has 7 heteroatoms. The molecule has 0 radical (unpaired) electrons. The predicted molar refractivity (Wildman–Crippen MR) is 93.7 cm³/mol. The van der Waals surface area contributed by atoms with Gasteiger partial charge in [-0.2, -0.15) is 13.2 Å². The van der Waals surface area contributed by atoms with Gasteiger partial charge in [0.15, 0.2) is 11.5 Å². The summed E-state index contributed by atoms with van der Waals surface area (Å²) < 4.78 is 48.4. The number of nitrogens with zero attached hydrogens (tertiary/aromatic N) is 1. The van der Waals surface area contributed by atoms with Crippen molar-refractivity contribution in [2.75, 3.05) is 39.4 Å². The lowest BCUT2D eigenvalue weighted by Crippen LogP contribution is -2.40.